The Hall–Kier alpha value is -0.920. The molecule has 0 nitrogen and oxygen atoms in total. The van der Waals surface area contributed by atoms with Gasteiger partial charge in [-0.15, -0.1) is 0 Å². The Labute approximate surface area is 79.7 Å². The molecule has 0 aromatic carbocycles. The minimum Gasteiger partial charge on any atom is -0.215 e. The Bertz CT molecular complexity index is 206. The van der Waals surface area contributed by atoms with Crippen molar-refractivity contribution in [3.05, 3.63) is 35.5 Å². The van der Waals surface area contributed by atoms with Crippen molar-refractivity contribution in [2.75, 3.05) is 0 Å². The van der Waals surface area contributed by atoms with Crippen LogP contribution in [-0.2, 0) is 0 Å². The van der Waals surface area contributed by atoms with Crippen LogP contribution in [0.15, 0.2) is 35.5 Å². The maximum atomic E-state index is 12.4. The molecule has 76 valence electrons. The summed E-state index contributed by atoms with van der Waals surface area (Å²) in [6.07, 6.45) is 3.55. The summed E-state index contributed by atoms with van der Waals surface area (Å²) in [7, 11) is 0. The normalized spacial score (nSPS) is 13.6. The topological polar surface area (TPSA) is 0 Å². The van der Waals surface area contributed by atoms with E-state index in [1.165, 1.54) is 13.0 Å². The lowest BCUT2D eigenvalue weighted by Crippen LogP contribution is -1.72. The fourth-order valence-corrected chi connectivity index (χ4v) is 0.408. The minimum absolute atomic E-state index is 0.243. The number of allylic oxidation sites excluding steroid dienone is 5. The zero-order valence-electron chi connectivity index (χ0n) is 8.99. The van der Waals surface area contributed by atoms with Gasteiger partial charge >= 0.3 is 0 Å². The van der Waals surface area contributed by atoms with Crippen LogP contribution in [0.2, 0.25) is 0 Å². The Kier molecular flexibility index (Phi) is 10.3. The summed E-state index contributed by atoms with van der Waals surface area (Å²) >= 11 is 0. The zero-order chi connectivity index (χ0) is 10.9. The highest BCUT2D eigenvalue weighted by molar-refractivity contribution is 5.25. The molecule has 0 N–H and O–H groups in total. The molecule has 0 saturated carbocycles. The van der Waals surface area contributed by atoms with E-state index in [0.29, 0.717) is 17.5 Å². The van der Waals surface area contributed by atoms with Crippen LogP contribution in [0.3, 0.4) is 0 Å². The van der Waals surface area contributed by atoms with E-state index in [9.17, 15) is 8.78 Å². The highest BCUT2D eigenvalue weighted by Crippen LogP contribution is 2.07. The molecule has 0 fully saturated rings. The molecule has 13 heavy (non-hydrogen) atoms. The van der Waals surface area contributed by atoms with E-state index in [-0.39, 0.29) is 5.83 Å². The van der Waals surface area contributed by atoms with E-state index in [0.717, 1.165) is 0 Å². The zero-order valence-corrected chi connectivity index (χ0v) is 8.99. The molecular formula is C11H18F2. The second-order valence-electron chi connectivity index (χ2n) is 2.40. The van der Waals surface area contributed by atoms with Gasteiger partial charge in [0.05, 0.1) is 12.2 Å². The van der Waals surface area contributed by atoms with Crippen LogP contribution in [0.5, 0.6) is 0 Å². The average molecular weight is 188 g/mol. The summed E-state index contributed by atoms with van der Waals surface area (Å²) in [5.41, 5.74) is 0.997. The van der Waals surface area contributed by atoms with Crippen molar-refractivity contribution in [3.63, 3.8) is 0 Å². The van der Waals surface area contributed by atoms with E-state index in [1.54, 1.807) is 19.9 Å². The quantitative estimate of drug-likeness (QED) is 0.551. The van der Waals surface area contributed by atoms with Crippen LogP contribution in [0, 0.1) is 0 Å². The first kappa shape index (κ1) is 14.6. The van der Waals surface area contributed by atoms with Gasteiger partial charge in [0.2, 0.25) is 0 Å². The third kappa shape index (κ3) is 8.99. The predicted octanol–water partition coefficient (Wildman–Crippen LogP) is 4.71. The molecule has 0 aliphatic rings. The Morgan fingerprint density at radius 2 is 1.46 bits per heavy atom. The first-order chi connectivity index (χ1) is 6.07. The molecule has 0 amide bonds. The molecule has 2 heteroatoms. The number of rotatable bonds is 2. The van der Waals surface area contributed by atoms with Crippen LogP contribution in [0.4, 0.5) is 8.78 Å². The highest BCUT2D eigenvalue weighted by Gasteiger charge is 1.88. The van der Waals surface area contributed by atoms with Gasteiger partial charge in [-0.2, -0.15) is 0 Å². The molecule has 0 aromatic rings. The largest absolute Gasteiger partial charge is 0.215 e. The molecule has 0 saturated heterocycles. The Morgan fingerprint density at radius 1 is 1.00 bits per heavy atom. The van der Waals surface area contributed by atoms with Crippen molar-refractivity contribution in [2.24, 2.45) is 0 Å². The fourth-order valence-electron chi connectivity index (χ4n) is 0.408. The van der Waals surface area contributed by atoms with Gasteiger partial charge in [-0.05, 0) is 31.9 Å². The first-order valence-corrected chi connectivity index (χ1v) is 4.36. The average Bonchev–Trinajstić information content (AvgIpc) is 2.16. The van der Waals surface area contributed by atoms with Crippen LogP contribution < -0.4 is 0 Å². The van der Waals surface area contributed by atoms with E-state index >= 15 is 0 Å². The lowest BCUT2D eigenvalue weighted by atomic mass is 10.2. The summed E-state index contributed by atoms with van der Waals surface area (Å²) in [6, 6.07) is 0. The standard InChI is InChI=1S/C9H12F2.C2H6/c1-7(6-10)4-5-8(2)9(3)11;1-2/h4-6H,1-3H3;1-2H3/b5-4-,7-6+,9-8+;. The Morgan fingerprint density at radius 3 is 1.77 bits per heavy atom. The third-order valence-electron chi connectivity index (χ3n) is 1.31. The van der Waals surface area contributed by atoms with Crippen LogP contribution in [0.25, 0.3) is 0 Å². The number of hydrogen-bond acceptors (Lipinski definition) is 0. The molecule has 0 atom stereocenters. The van der Waals surface area contributed by atoms with E-state index in [1.807, 2.05) is 13.8 Å². The molecule has 0 aliphatic heterocycles. The van der Waals surface area contributed by atoms with Crippen molar-refractivity contribution in [3.8, 4) is 0 Å². The van der Waals surface area contributed by atoms with Gasteiger partial charge in [0.25, 0.3) is 0 Å². The van der Waals surface area contributed by atoms with Gasteiger partial charge in [-0.25, -0.2) is 8.78 Å². The van der Waals surface area contributed by atoms with E-state index in [2.05, 4.69) is 0 Å². The van der Waals surface area contributed by atoms with Crippen molar-refractivity contribution in [1.29, 1.82) is 0 Å². The van der Waals surface area contributed by atoms with Gasteiger partial charge in [0.1, 0.15) is 0 Å². The molecule has 0 aromatic heterocycles. The van der Waals surface area contributed by atoms with E-state index < -0.39 is 0 Å². The molecule has 0 spiro atoms. The SMILES string of the molecule is CC.CC(/C=C\C(C)=C(/C)F)=C\F. The summed E-state index contributed by atoms with van der Waals surface area (Å²) in [6.45, 7) is 8.61. The predicted molar refractivity (Wildman–Crippen MR) is 54.8 cm³/mol. The number of halogens is 2. The summed E-state index contributed by atoms with van der Waals surface area (Å²) in [5.74, 6) is -0.243. The van der Waals surface area contributed by atoms with Crippen molar-refractivity contribution >= 4 is 0 Å². The van der Waals surface area contributed by atoms with Crippen LogP contribution >= 0.6 is 0 Å². The van der Waals surface area contributed by atoms with Gasteiger partial charge in [-0.1, -0.05) is 26.0 Å². The molecule has 0 heterocycles. The molecule has 0 unspecified atom stereocenters. The summed E-state index contributed by atoms with van der Waals surface area (Å²) in [5, 5.41) is 0. The fraction of sp³-hybridized carbons (Fsp3) is 0.455. The van der Waals surface area contributed by atoms with Gasteiger partial charge in [0, 0.05) is 0 Å². The molecule has 0 bridgehead atoms. The molecular weight excluding hydrogens is 170 g/mol. The lowest BCUT2D eigenvalue weighted by Gasteiger charge is -1.91. The highest BCUT2D eigenvalue weighted by atomic mass is 19.1. The number of hydrogen-bond donors (Lipinski definition) is 0. The van der Waals surface area contributed by atoms with Gasteiger partial charge in [0.15, 0.2) is 0 Å². The molecule has 0 rings (SSSR count). The van der Waals surface area contributed by atoms with Gasteiger partial charge in [-0.3, -0.25) is 0 Å². The maximum absolute atomic E-state index is 12.4. The first-order valence-electron chi connectivity index (χ1n) is 4.36. The van der Waals surface area contributed by atoms with Crippen molar-refractivity contribution in [2.45, 2.75) is 34.6 Å². The van der Waals surface area contributed by atoms with Crippen LogP contribution in [0.1, 0.15) is 34.6 Å². The second-order valence-corrected chi connectivity index (χ2v) is 2.40. The lowest BCUT2D eigenvalue weighted by molar-refractivity contribution is 0.631. The third-order valence-corrected chi connectivity index (χ3v) is 1.31. The van der Waals surface area contributed by atoms with Crippen molar-refractivity contribution in [1.82, 2.24) is 0 Å². The molecule has 0 aliphatic carbocycles. The molecule has 0 radical (unpaired) electrons. The monoisotopic (exact) mass is 188 g/mol. The summed E-state index contributed by atoms with van der Waals surface area (Å²) in [4.78, 5) is 0. The van der Waals surface area contributed by atoms with Crippen molar-refractivity contribution < 1.29 is 8.78 Å². The van der Waals surface area contributed by atoms with Gasteiger partial charge < -0.3 is 0 Å². The smallest absolute Gasteiger partial charge is 0.0997 e. The second kappa shape index (κ2) is 9.17. The van der Waals surface area contributed by atoms with Crippen LogP contribution in [-0.4, -0.2) is 0 Å². The maximum Gasteiger partial charge on any atom is 0.0997 e. The Balaban J connectivity index is 0. The minimum atomic E-state index is -0.243. The van der Waals surface area contributed by atoms with E-state index in [4.69, 9.17) is 0 Å². The summed E-state index contributed by atoms with van der Waals surface area (Å²) < 4.78 is 24.1.